The molecule has 8 heteroatoms. The first kappa shape index (κ1) is 30.0. The molecular weight excluding hydrogens is 568 g/mol. The van der Waals surface area contributed by atoms with E-state index in [1.54, 1.807) is 67.0 Å². The molecule has 0 fully saturated rings. The maximum atomic E-state index is 13.5. The fraction of sp³-hybridized carbons (Fsp3) is 0.0556. The van der Waals surface area contributed by atoms with Crippen molar-refractivity contribution < 1.29 is 14.4 Å². The highest BCUT2D eigenvalue weighted by molar-refractivity contribution is 8.00. The van der Waals surface area contributed by atoms with Crippen LogP contribution in [0.4, 0.5) is 11.4 Å². The number of pyridine rings is 1. The van der Waals surface area contributed by atoms with Gasteiger partial charge in [-0.1, -0.05) is 84.4 Å². The first-order valence-corrected chi connectivity index (χ1v) is 14.8. The van der Waals surface area contributed by atoms with Crippen molar-refractivity contribution >= 4 is 46.9 Å². The lowest BCUT2D eigenvalue weighted by molar-refractivity contribution is -0.116. The molecule has 0 spiro atoms. The number of amides is 3. The average Bonchev–Trinajstić information content (AvgIpc) is 3.05. The number of carbonyl (C=O) groups is 3. The van der Waals surface area contributed by atoms with Gasteiger partial charge in [0.05, 0.1) is 0 Å². The second kappa shape index (κ2) is 14.6. The number of hydrogen-bond acceptors (Lipinski definition) is 5. The lowest BCUT2D eigenvalue weighted by Gasteiger charge is -2.18. The van der Waals surface area contributed by atoms with Crippen molar-refractivity contribution in [1.29, 1.82) is 0 Å². The Morgan fingerprint density at radius 3 is 2.11 bits per heavy atom. The number of aromatic nitrogens is 1. The minimum atomic E-state index is -0.558. The summed E-state index contributed by atoms with van der Waals surface area (Å²) in [7, 11) is 0. The van der Waals surface area contributed by atoms with Crippen molar-refractivity contribution in [1.82, 2.24) is 10.3 Å². The molecule has 0 bridgehead atoms. The second-order valence-electron chi connectivity index (χ2n) is 9.90. The van der Waals surface area contributed by atoms with Gasteiger partial charge in [0, 0.05) is 34.2 Å². The largest absolute Gasteiger partial charge is 0.325 e. The number of aryl methyl sites for hydroxylation is 1. The molecule has 0 saturated heterocycles. The fourth-order valence-electron chi connectivity index (χ4n) is 4.30. The standard InChI is InChI=1S/C36H30N4O3S/c1-25-15-17-26(18-16-25)23-32(40-34(41)28-11-6-3-7-12-28)35(42)39-30-13-8-14-31(24-30)44-33(27-9-4-2-5-10-27)36(43)38-29-19-21-37-22-20-29/h2-24,33H,1H3,(H,39,42)(H,40,41)(H,37,38,43)/b32-23-. The third-order valence-corrected chi connectivity index (χ3v) is 7.80. The van der Waals surface area contributed by atoms with Crippen LogP contribution in [0.15, 0.2) is 144 Å². The van der Waals surface area contributed by atoms with Crippen LogP contribution in [0.3, 0.4) is 0 Å². The number of hydrogen-bond donors (Lipinski definition) is 3. The molecule has 3 amide bonds. The van der Waals surface area contributed by atoms with Gasteiger partial charge in [0.1, 0.15) is 10.9 Å². The summed E-state index contributed by atoms with van der Waals surface area (Å²) in [5, 5.41) is 8.09. The number of carbonyl (C=O) groups excluding carboxylic acids is 3. The van der Waals surface area contributed by atoms with Gasteiger partial charge in [-0.25, -0.2) is 0 Å². The highest BCUT2D eigenvalue weighted by Gasteiger charge is 2.23. The highest BCUT2D eigenvalue weighted by Crippen LogP contribution is 2.37. The zero-order chi connectivity index (χ0) is 30.7. The summed E-state index contributed by atoms with van der Waals surface area (Å²) in [6, 6.07) is 36.6. The molecule has 1 heterocycles. The van der Waals surface area contributed by atoms with Gasteiger partial charge in [0.2, 0.25) is 5.91 Å². The summed E-state index contributed by atoms with van der Waals surface area (Å²) in [5.74, 6) is -1.06. The third-order valence-electron chi connectivity index (χ3n) is 6.55. The molecule has 218 valence electrons. The van der Waals surface area contributed by atoms with E-state index in [2.05, 4.69) is 20.9 Å². The fourth-order valence-corrected chi connectivity index (χ4v) is 5.38. The Hall–Kier alpha value is -5.47. The van der Waals surface area contributed by atoms with Crippen molar-refractivity contribution in [2.24, 2.45) is 0 Å². The van der Waals surface area contributed by atoms with Crippen LogP contribution >= 0.6 is 11.8 Å². The maximum Gasteiger partial charge on any atom is 0.272 e. The lowest BCUT2D eigenvalue weighted by atomic mass is 10.1. The van der Waals surface area contributed by atoms with Gasteiger partial charge in [0.15, 0.2) is 0 Å². The monoisotopic (exact) mass is 598 g/mol. The lowest BCUT2D eigenvalue weighted by Crippen LogP contribution is -2.30. The Kier molecular flexibility index (Phi) is 9.97. The normalized spacial score (nSPS) is 11.7. The van der Waals surface area contributed by atoms with E-state index in [0.29, 0.717) is 16.9 Å². The van der Waals surface area contributed by atoms with Crippen molar-refractivity contribution in [3.63, 3.8) is 0 Å². The Morgan fingerprint density at radius 1 is 0.727 bits per heavy atom. The number of thioether (sulfide) groups is 1. The molecule has 1 aromatic heterocycles. The number of anilines is 2. The van der Waals surface area contributed by atoms with E-state index >= 15 is 0 Å². The summed E-state index contributed by atoms with van der Waals surface area (Å²) >= 11 is 1.37. The summed E-state index contributed by atoms with van der Waals surface area (Å²) in [5.41, 5.74) is 4.39. The molecule has 3 N–H and O–H groups in total. The number of nitrogens with zero attached hydrogens (tertiary/aromatic N) is 1. The molecule has 0 radical (unpaired) electrons. The molecular formula is C36H30N4O3S. The Labute approximate surface area is 260 Å². The molecule has 44 heavy (non-hydrogen) atoms. The SMILES string of the molecule is Cc1ccc(/C=C(\NC(=O)c2ccccc2)C(=O)Nc2cccc(SC(C(=O)Nc3ccncc3)c3ccccc3)c2)cc1. The predicted octanol–water partition coefficient (Wildman–Crippen LogP) is 7.27. The Morgan fingerprint density at radius 2 is 1.41 bits per heavy atom. The van der Waals surface area contributed by atoms with E-state index < -0.39 is 17.1 Å². The van der Waals surface area contributed by atoms with Gasteiger partial charge in [-0.15, -0.1) is 11.8 Å². The second-order valence-corrected chi connectivity index (χ2v) is 11.1. The molecule has 5 rings (SSSR count). The van der Waals surface area contributed by atoms with Gasteiger partial charge in [0.25, 0.3) is 11.8 Å². The number of nitrogens with one attached hydrogen (secondary N) is 3. The minimum Gasteiger partial charge on any atom is -0.325 e. The molecule has 0 aliphatic carbocycles. The van der Waals surface area contributed by atoms with Crippen molar-refractivity contribution in [2.45, 2.75) is 17.1 Å². The van der Waals surface area contributed by atoms with Crippen molar-refractivity contribution in [2.75, 3.05) is 10.6 Å². The third kappa shape index (κ3) is 8.30. The summed E-state index contributed by atoms with van der Waals surface area (Å²) in [6.45, 7) is 1.98. The van der Waals surface area contributed by atoms with E-state index in [9.17, 15) is 14.4 Å². The van der Waals surface area contributed by atoms with Gasteiger partial charge in [-0.3, -0.25) is 19.4 Å². The van der Waals surface area contributed by atoms with Crippen LogP contribution in [-0.4, -0.2) is 22.7 Å². The van der Waals surface area contributed by atoms with Gasteiger partial charge < -0.3 is 16.0 Å². The van der Waals surface area contributed by atoms with Crippen LogP contribution in [0.25, 0.3) is 6.08 Å². The van der Waals surface area contributed by atoms with Gasteiger partial charge in [-0.05, 0) is 66.6 Å². The first-order chi connectivity index (χ1) is 21.4. The average molecular weight is 599 g/mol. The first-order valence-electron chi connectivity index (χ1n) is 13.9. The summed E-state index contributed by atoms with van der Waals surface area (Å²) in [4.78, 5) is 44.7. The van der Waals surface area contributed by atoms with Gasteiger partial charge in [-0.2, -0.15) is 0 Å². The molecule has 1 atom stereocenters. The van der Waals surface area contributed by atoms with Crippen LogP contribution < -0.4 is 16.0 Å². The van der Waals surface area contributed by atoms with Crippen LogP contribution in [0.5, 0.6) is 0 Å². The minimum absolute atomic E-state index is 0.0969. The topological polar surface area (TPSA) is 100 Å². The molecule has 0 aliphatic rings. The highest BCUT2D eigenvalue weighted by atomic mass is 32.2. The van der Waals surface area contributed by atoms with Crippen LogP contribution in [0.1, 0.15) is 32.3 Å². The quantitative estimate of drug-likeness (QED) is 0.116. The van der Waals surface area contributed by atoms with E-state index in [4.69, 9.17) is 0 Å². The summed E-state index contributed by atoms with van der Waals surface area (Å²) < 4.78 is 0. The maximum absolute atomic E-state index is 13.5. The van der Waals surface area contributed by atoms with Crippen LogP contribution in [-0.2, 0) is 9.59 Å². The van der Waals surface area contributed by atoms with Gasteiger partial charge >= 0.3 is 0 Å². The number of benzene rings is 4. The van der Waals surface area contributed by atoms with Crippen LogP contribution in [0, 0.1) is 6.92 Å². The zero-order valence-corrected chi connectivity index (χ0v) is 24.8. The molecule has 4 aromatic carbocycles. The predicted molar refractivity (Wildman–Crippen MR) is 176 cm³/mol. The van der Waals surface area contributed by atoms with E-state index in [-0.39, 0.29) is 11.6 Å². The number of rotatable bonds is 10. The molecule has 1 unspecified atom stereocenters. The molecule has 7 nitrogen and oxygen atoms in total. The molecule has 0 aliphatic heterocycles. The van der Waals surface area contributed by atoms with E-state index in [1.807, 2.05) is 79.7 Å². The van der Waals surface area contributed by atoms with Crippen molar-refractivity contribution in [3.8, 4) is 0 Å². The van der Waals surface area contributed by atoms with E-state index in [1.165, 1.54) is 11.8 Å². The smallest absolute Gasteiger partial charge is 0.272 e. The zero-order valence-electron chi connectivity index (χ0n) is 23.9. The summed E-state index contributed by atoms with van der Waals surface area (Å²) in [6.07, 6.45) is 4.88. The molecule has 0 saturated carbocycles. The van der Waals surface area contributed by atoms with Crippen molar-refractivity contribution in [3.05, 3.63) is 162 Å². The Bertz CT molecular complexity index is 1760. The Balaban J connectivity index is 1.37. The molecule has 5 aromatic rings. The van der Waals surface area contributed by atoms with Crippen LogP contribution in [0.2, 0.25) is 0 Å². The van der Waals surface area contributed by atoms with E-state index in [0.717, 1.165) is 21.6 Å².